The van der Waals surface area contributed by atoms with Crippen molar-refractivity contribution in [2.45, 2.75) is 19.4 Å². The van der Waals surface area contributed by atoms with Crippen molar-refractivity contribution in [3.63, 3.8) is 0 Å². The monoisotopic (exact) mass is 341 g/mol. The third kappa shape index (κ3) is 3.71. The molecule has 1 aromatic carbocycles. The molecule has 0 bridgehead atoms. The number of hydrogen-bond acceptors (Lipinski definition) is 4. The summed E-state index contributed by atoms with van der Waals surface area (Å²) in [5, 5.41) is 5.49. The van der Waals surface area contributed by atoms with Gasteiger partial charge >= 0.3 is 0 Å². The number of benzene rings is 1. The lowest BCUT2D eigenvalue weighted by Gasteiger charge is -2.34. The maximum atomic E-state index is 12.5. The van der Waals surface area contributed by atoms with Gasteiger partial charge in [-0.15, -0.1) is 0 Å². The van der Waals surface area contributed by atoms with Crippen LogP contribution in [0.5, 0.6) is 0 Å². The quantitative estimate of drug-likeness (QED) is 0.883. The average molecular weight is 341 g/mol. The van der Waals surface area contributed by atoms with Crippen molar-refractivity contribution in [1.82, 2.24) is 10.2 Å². The molecule has 130 valence electrons. The van der Waals surface area contributed by atoms with Crippen LogP contribution in [0.15, 0.2) is 47.1 Å². The van der Waals surface area contributed by atoms with Gasteiger partial charge in [-0.1, -0.05) is 18.2 Å². The minimum Gasteiger partial charge on any atom is -0.459 e. The maximum absolute atomic E-state index is 12.5. The highest BCUT2D eigenvalue weighted by Crippen LogP contribution is 2.17. The summed E-state index contributed by atoms with van der Waals surface area (Å²) >= 11 is 0. The molecule has 25 heavy (non-hydrogen) atoms. The van der Waals surface area contributed by atoms with Crippen LogP contribution in [0.1, 0.15) is 22.5 Å². The molecule has 1 atom stereocenters. The summed E-state index contributed by atoms with van der Waals surface area (Å²) in [5.41, 5.74) is 1.61. The second-order valence-electron chi connectivity index (χ2n) is 5.85. The van der Waals surface area contributed by atoms with Crippen LogP contribution in [0.4, 0.5) is 5.69 Å². The maximum Gasteiger partial charge on any atom is 0.290 e. The topological polar surface area (TPSA) is 91.7 Å². The number of anilines is 1. The molecular weight excluding hydrogens is 322 g/mol. The number of carbonyl (C=O) groups excluding carboxylic acids is 3. The van der Waals surface area contributed by atoms with Crippen molar-refractivity contribution < 1.29 is 18.8 Å². The summed E-state index contributed by atoms with van der Waals surface area (Å²) < 4.78 is 5.12. The van der Waals surface area contributed by atoms with E-state index in [1.807, 2.05) is 25.1 Å². The normalized spacial score (nSPS) is 17.1. The summed E-state index contributed by atoms with van der Waals surface area (Å²) in [6, 6.07) is 9.66. The number of carbonyl (C=O) groups is 3. The minimum atomic E-state index is -0.865. The van der Waals surface area contributed by atoms with Crippen molar-refractivity contribution in [2.24, 2.45) is 0 Å². The van der Waals surface area contributed by atoms with E-state index in [-0.39, 0.29) is 24.0 Å². The fraction of sp³-hybridized carbons (Fsp3) is 0.278. The van der Waals surface area contributed by atoms with Crippen LogP contribution in [0.2, 0.25) is 0 Å². The average Bonchev–Trinajstić information content (AvgIpc) is 3.13. The molecule has 1 aromatic heterocycles. The molecule has 1 saturated heterocycles. The lowest BCUT2D eigenvalue weighted by atomic mass is 10.1. The van der Waals surface area contributed by atoms with E-state index in [0.29, 0.717) is 18.8 Å². The van der Waals surface area contributed by atoms with E-state index >= 15 is 0 Å². The van der Waals surface area contributed by atoms with E-state index in [1.54, 1.807) is 18.2 Å². The van der Waals surface area contributed by atoms with Gasteiger partial charge in [-0.3, -0.25) is 14.4 Å². The summed E-state index contributed by atoms with van der Waals surface area (Å²) in [7, 11) is 0. The molecule has 1 fully saturated rings. The van der Waals surface area contributed by atoms with Gasteiger partial charge in [0.2, 0.25) is 11.8 Å². The van der Waals surface area contributed by atoms with E-state index < -0.39 is 11.9 Å². The number of para-hydroxylation sites is 1. The second kappa shape index (κ2) is 7.21. The molecule has 2 N–H and O–H groups in total. The van der Waals surface area contributed by atoms with Gasteiger partial charge < -0.3 is 20.0 Å². The van der Waals surface area contributed by atoms with Gasteiger partial charge in [-0.05, 0) is 30.7 Å². The van der Waals surface area contributed by atoms with E-state index in [2.05, 4.69) is 10.6 Å². The Labute approximate surface area is 145 Å². The molecule has 0 aliphatic carbocycles. The largest absolute Gasteiger partial charge is 0.459 e. The number of aryl methyl sites for hydroxylation is 1. The molecule has 7 nitrogen and oxygen atoms in total. The Morgan fingerprint density at radius 2 is 2.08 bits per heavy atom. The van der Waals surface area contributed by atoms with E-state index in [0.717, 1.165) is 5.56 Å². The van der Waals surface area contributed by atoms with Gasteiger partial charge in [0.15, 0.2) is 5.76 Å². The zero-order chi connectivity index (χ0) is 17.8. The smallest absolute Gasteiger partial charge is 0.290 e. The lowest BCUT2D eigenvalue weighted by molar-refractivity contribution is -0.131. The third-order valence-corrected chi connectivity index (χ3v) is 4.12. The predicted octanol–water partition coefficient (Wildman–Crippen LogP) is 1.56. The Bertz CT molecular complexity index is 785. The van der Waals surface area contributed by atoms with Gasteiger partial charge in [-0.2, -0.15) is 0 Å². The van der Waals surface area contributed by atoms with Crippen molar-refractivity contribution >= 4 is 23.4 Å². The van der Waals surface area contributed by atoms with E-state index in [1.165, 1.54) is 11.2 Å². The van der Waals surface area contributed by atoms with Gasteiger partial charge in [0.25, 0.3) is 5.91 Å². The summed E-state index contributed by atoms with van der Waals surface area (Å²) in [6.45, 7) is 2.56. The van der Waals surface area contributed by atoms with Crippen LogP contribution in [0.25, 0.3) is 0 Å². The first-order valence-electron chi connectivity index (χ1n) is 8.04. The lowest BCUT2D eigenvalue weighted by Crippen LogP contribution is -2.58. The number of furan rings is 1. The molecule has 2 aromatic rings. The summed E-state index contributed by atoms with van der Waals surface area (Å²) in [6.07, 6.45) is 1.28. The van der Waals surface area contributed by atoms with Crippen molar-refractivity contribution in [2.75, 3.05) is 18.4 Å². The molecule has 0 unspecified atom stereocenters. The van der Waals surface area contributed by atoms with E-state index in [9.17, 15) is 14.4 Å². The number of hydrogen-bond donors (Lipinski definition) is 2. The van der Waals surface area contributed by atoms with Crippen molar-refractivity contribution in [1.29, 1.82) is 0 Å². The zero-order valence-electron chi connectivity index (χ0n) is 13.8. The van der Waals surface area contributed by atoms with Crippen LogP contribution in [0, 0.1) is 6.92 Å². The number of amides is 3. The highest BCUT2D eigenvalue weighted by Gasteiger charge is 2.36. The Kier molecular flexibility index (Phi) is 4.83. The van der Waals surface area contributed by atoms with Crippen LogP contribution in [-0.2, 0) is 9.59 Å². The van der Waals surface area contributed by atoms with Crippen LogP contribution < -0.4 is 10.6 Å². The zero-order valence-corrected chi connectivity index (χ0v) is 13.8. The molecule has 3 amide bonds. The first-order chi connectivity index (χ1) is 12.1. The molecule has 1 aliphatic heterocycles. The predicted molar refractivity (Wildman–Crippen MR) is 91.0 cm³/mol. The molecule has 0 saturated carbocycles. The van der Waals surface area contributed by atoms with Gasteiger partial charge in [-0.25, -0.2) is 0 Å². The van der Waals surface area contributed by atoms with Gasteiger partial charge in [0, 0.05) is 18.8 Å². The summed E-state index contributed by atoms with van der Waals surface area (Å²) in [5.74, 6) is -0.910. The number of rotatable bonds is 4. The van der Waals surface area contributed by atoms with Crippen molar-refractivity contribution in [3.8, 4) is 0 Å². The first kappa shape index (κ1) is 16.8. The highest BCUT2D eigenvalue weighted by atomic mass is 16.3. The molecule has 3 rings (SSSR count). The fourth-order valence-electron chi connectivity index (χ4n) is 2.79. The van der Waals surface area contributed by atoms with Crippen LogP contribution in [-0.4, -0.2) is 41.8 Å². The van der Waals surface area contributed by atoms with Crippen LogP contribution in [0.3, 0.4) is 0 Å². The molecule has 2 heterocycles. The number of nitrogens with zero attached hydrogens (tertiary/aromatic N) is 1. The third-order valence-electron chi connectivity index (χ3n) is 4.12. The second-order valence-corrected chi connectivity index (χ2v) is 5.85. The molecule has 7 heteroatoms. The number of piperazine rings is 1. The van der Waals surface area contributed by atoms with Crippen molar-refractivity contribution in [3.05, 3.63) is 54.0 Å². The molecule has 1 aliphatic rings. The Morgan fingerprint density at radius 1 is 1.28 bits per heavy atom. The Hall–Kier alpha value is -3.09. The first-order valence-corrected chi connectivity index (χ1v) is 8.04. The minimum absolute atomic E-state index is 0.118. The standard InChI is InChI=1S/C18H19N3O4/c1-12-5-2-3-6-13(12)20-16(22)11-14-17(23)19-8-9-21(14)18(24)15-7-4-10-25-15/h2-7,10,14H,8-9,11H2,1H3,(H,19,23)(H,20,22)/t14-/m1/s1. The van der Waals surface area contributed by atoms with Gasteiger partial charge in [0.1, 0.15) is 6.04 Å². The van der Waals surface area contributed by atoms with E-state index in [4.69, 9.17) is 4.42 Å². The Morgan fingerprint density at radius 3 is 2.80 bits per heavy atom. The van der Waals surface area contributed by atoms with Crippen LogP contribution >= 0.6 is 0 Å². The van der Waals surface area contributed by atoms with Gasteiger partial charge in [0.05, 0.1) is 12.7 Å². The number of nitrogens with one attached hydrogen (secondary N) is 2. The highest BCUT2D eigenvalue weighted by molar-refractivity contribution is 6.00. The molecular formula is C18H19N3O4. The SMILES string of the molecule is Cc1ccccc1NC(=O)C[C@@H]1C(=O)NCCN1C(=O)c1ccco1. The summed E-state index contributed by atoms with van der Waals surface area (Å²) in [4.78, 5) is 38.5. The Balaban J connectivity index is 1.73. The molecule has 0 radical (unpaired) electrons. The molecule has 0 spiro atoms. The fourth-order valence-corrected chi connectivity index (χ4v) is 2.79.